The number of rotatable bonds is 8. The topological polar surface area (TPSA) is 61.4 Å². The van der Waals surface area contributed by atoms with E-state index in [1.165, 1.54) is 32.2 Å². The fraction of sp³-hybridized carbons (Fsp3) is 1.00. The van der Waals surface area contributed by atoms with Gasteiger partial charge in [0.15, 0.2) is 0 Å². The van der Waals surface area contributed by atoms with Crippen molar-refractivity contribution in [1.29, 1.82) is 0 Å². The number of hydrogen-bond donors (Lipinski definition) is 2. The summed E-state index contributed by atoms with van der Waals surface area (Å²) in [5.74, 6) is 0. The lowest BCUT2D eigenvalue weighted by molar-refractivity contribution is 0.331. The van der Waals surface area contributed by atoms with Crippen molar-refractivity contribution < 1.29 is 8.42 Å². The van der Waals surface area contributed by atoms with Gasteiger partial charge in [-0.05, 0) is 45.4 Å². The third kappa shape index (κ3) is 7.16. The van der Waals surface area contributed by atoms with Crippen LogP contribution in [0.25, 0.3) is 0 Å². The van der Waals surface area contributed by atoms with Gasteiger partial charge in [-0.3, -0.25) is 0 Å². The lowest BCUT2D eigenvalue weighted by Gasteiger charge is -2.14. The van der Waals surface area contributed by atoms with Crippen LogP contribution in [0.5, 0.6) is 0 Å². The summed E-state index contributed by atoms with van der Waals surface area (Å²) in [6.07, 6.45) is 5.00. The molecule has 0 bridgehead atoms. The predicted octanol–water partition coefficient (Wildman–Crippen LogP) is -0.389. The molecule has 16 heavy (non-hydrogen) atoms. The Balaban J connectivity index is 1.84. The van der Waals surface area contributed by atoms with Gasteiger partial charge in [-0.1, -0.05) is 0 Å². The van der Waals surface area contributed by atoms with Gasteiger partial charge in [0.25, 0.3) is 0 Å². The molecule has 1 aliphatic rings. The molecule has 2 N–H and O–H groups in total. The average molecular weight is 249 g/mol. The minimum Gasteiger partial charge on any atom is -0.315 e. The summed E-state index contributed by atoms with van der Waals surface area (Å²) in [4.78, 5) is 2.48. The fourth-order valence-electron chi connectivity index (χ4n) is 1.88. The van der Waals surface area contributed by atoms with Gasteiger partial charge < -0.3 is 10.2 Å². The van der Waals surface area contributed by atoms with Gasteiger partial charge in [-0.15, -0.1) is 0 Å². The molecule has 1 aliphatic heterocycles. The summed E-state index contributed by atoms with van der Waals surface area (Å²) in [6, 6.07) is 0. The Morgan fingerprint density at radius 1 is 1.12 bits per heavy atom. The molecule has 1 rings (SSSR count). The van der Waals surface area contributed by atoms with Crippen LogP contribution in [0.1, 0.15) is 19.3 Å². The normalized spacial score (nSPS) is 18.1. The molecular formula is C10H23N3O2S. The maximum absolute atomic E-state index is 10.7. The first-order chi connectivity index (χ1) is 7.58. The predicted molar refractivity (Wildman–Crippen MR) is 66.0 cm³/mol. The zero-order valence-electron chi connectivity index (χ0n) is 10.0. The molecule has 96 valence electrons. The van der Waals surface area contributed by atoms with E-state index in [2.05, 4.69) is 14.9 Å². The van der Waals surface area contributed by atoms with Crippen molar-refractivity contribution in [3.8, 4) is 0 Å². The number of likely N-dealkylation sites (tertiary alicyclic amines) is 1. The van der Waals surface area contributed by atoms with Crippen molar-refractivity contribution in [3.63, 3.8) is 0 Å². The van der Waals surface area contributed by atoms with Gasteiger partial charge in [0.2, 0.25) is 10.0 Å². The highest BCUT2D eigenvalue weighted by Crippen LogP contribution is 2.06. The molecular weight excluding hydrogens is 226 g/mol. The van der Waals surface area contributed by atoms with Crippen molar-refractivity contribution in [2.45, 2.75) is 19.3 Å². The van der Waals surface area contributed by atoms with Crippen LogP contribution in [0, 0.1) is 0 Å². The number of nitrogens with one attached hydrogen (secondary N) is 2. The molecule has 0 aromatic carbocycles. The van der Waals surface area contributed by atoms with Crippen LogP contribution in [0.4, 0.5) is 0 Å². The quantitative estimate of drug-likeness (QED) is 0.575. The Hall–Kier alpha value is -0.170. The van der Waals surface area contributed by atoms with Crippen LogP contribution in [0.2, 0.25) is 0 Å². The second-order valence-electron chi connectivity index (χ2n) is 4.32. The largest absolute Gasteiger partial charge is 0.315 e. The highest BCUT2D eigenvalue weighted by molar-refractivity contribution is 7.88. The van der Waals surface area contributed by atoms with Crippen molar-refractivity contribution >= 4 is 10.0 Å². The summed E-state index contributed by atoms with van der Waals surface area (Å²) >= 11 is 0. The van der Waals surface area contributed by atoms with Gasteiger partial charge in [-0.25, -0.2) is 13.1 Å². The molecule has 0 radical (unpaired) electrons. The highest BCUT2D eigenvalue weighted by Gasteiger charge is 2.09. The SMILES string of the molecule is CS(=O)(=O)NCCNCCCN1CCCC1. The Kier molecular flexibility index (Phi) is 6.26. The highest BCUT2D eigenvalue weighted by atomic mass is 32.2. The van der Waals surface area contributed by atoms with Crippen LogP contribution in [-0.4, -0.2) is 58.8 Å². The third-order valence-corrected chi connectivity index (χ3v) is 3.42. The molecule has 1 heterocycles. The van der Waals surface area contributed by atoms with Crippen LogP contribution in [-0.2, 0) is 10.0 Å². The van der Waals surface area contributed by atoms with E-state index in [-0.39, 0.29) is 0 Å². The zero-order chi connectivity index (χ0) is 11.9. The summed E-state index contributed by atoms with van der Waals surface area (Å²) in [6.45, 7) is 5.79. The van der Waals surface area contributed by atoms with Gasteiger partial charge in [0.1, 0.15) is 0 Å². The zero-order valence-corrected chi connectivity index (χ0v) is 10.9. The second kappa shape index (κ2) is 7.21. The maximum Gasteiger partial charge on any atom is 0.208 e. The molecule has 5 nitrogen and oxygen atoms in total. The van der Waals surface area contributed by atoms with E-state index >= 15 is 0 Å². The third-order valence-electron chi connectivity index (χ3n) is 2.69. The number of hydrogen-bond acceptors (Lipinski definition) is 4. The molecule has 0 unspecified atom stereocenters. The van der Waals surface area contributed by atoms with Crippen LogP contribution in [0.3, 0.4) is 0 Å². The monoisotopic (exact) mass is 249 g/mol. The maximum atomic E-state index is 10.7. The van der Waals surface area contributed by atoms with E-state index in [0.29, 0.717) is 13.1 Å². The van der Waals surface area contributed by atoms with E-state index in [4.69, 9.17) is 0 Å². The van der Waals surface area contributed by atoms with Crippen LogP contribution in [0.15, 0.2) is 0 Å². The minimum atomic E-state index is -3.03. The molecule has 0 aromatic heterocycles. The molecule has 0 saturated carbocycles. The number of sulfonamides is 1. The lowest BCUT2D eigenvalue weighted by Crippen LogP contribution is -2.32. The van der Waals surface area contributed by atoms with Crippen molar-refractivity contribution in [3.05, 3.63) is 0 Å². The average Bonchev–Trinajstić information content (AvgIpc) is 2.67. The Bertz CT molecular complexity index is 274. The summed E-state index contributed by atoms with van der Waals surface area (Å²) < 4.78 is 24.0. The Labute approximate surface area is 98.6 Å². The first kappa shape index (κ1) is 13.9. The Morgan fingerprint density at radius 3 is 2.44 bits per heavy atom. The van der Waals surface area contributed by atoms with E-state index in [1.54, 1.807) is 0 Å². The molecule has 0 aromatic rings. The molecule has 0 aliphatic carbocycles. The number of nitrogens with zero attached hydrogens (tertiary/aromatic N) is 1. The first-order valence-corrected chi connectivity index (χ1v) is 7.85. The van der Waals surface area contributed by atoms with Crippen molar-refractivity contribution in [1.82, 2.24) is 14.9 Å². The van der Waals surface area contributed by atoms with Crippen LogP contribution < -0.4 is 10.0 Å². The van der Waals surface area contributed by atoms with Gasteiger partial charge in [0.05, 0.1) is 6.26 Å². The summed E-state index contributed by atoms with van der Waals surface area (Å²) in [5, 5.41) is 3.23. The molecule has 0 atom stereocenters. The smallest absolute Gasteiger partial charge is 0.208 e. The standard InChI is InChI=1S/C10H23N3O2S/c1-16(14,15)12-7-6-11-5-4-10-13-8-2-3-9-13/h11-12H,2-10H2,1H3. The van der Waals surface area contributed by atoms with E-state index in [9.17, 15) is 8.42 Å². The first-order valence-electron chi connectivity index (χ1n) is 5.96. The molecule has 1 saturated heterocycles. The molecule has 1 fully saturated rings. The van der Waals surface area contributed by atoms with Gasteiger partial charge in [-0.2, -0.15) is 0 Å². The van der Waals surface area contributed by atoms with Gasteiger partial charge >= 0.3 is 0 Å². The summed E-state index contributed by atoms with van der Waals surface area (Å²) in [7, 11) is -3.03. The van der Waals surface area contributed by atoms with E-state index < -0.39 is 10.0 Å². The van der Waals surface area contributed by atoms with Crippen molar-refractivity contribution in [2.24, 2.45) is 0 Å². The minimum absolute atomic E-state index is 0.475. The molecule has 0 spiro atoms. The van der Waals surface area contributed by atoms with Crippen molar-refractivity contribution in [2.75, 3.05) is 45.5 Å². The summed E-state index contributed by atoms with van der Waals surface area (Å²) in [5.41, 5.74) is 0. The fourth-order valence-corrected chi connectivity index (χ4v) is 2.36. The second-order valence-corrected chi connectivity index (χ2v) is 6.15. The van der Waals surface area contributed by atoms with E-state index in [0.717, 1.165) is 19.5 Å². The van der Waals surface area contributed by atoms with Gasteiger partial charge in [0, 0.05) is 13.1 Å². The van der Waals surface area contributed by atoms with E-state index in [1.807, 2.05) is 0 Å². The lowest BCUT2D eigenvalue weighted by atomic mass is 10.4. The molecule has 0 amide bonds. The Morgan fingerprint density at radius 2 is 1.81 bits per heavy atom. The molecule has 6 heteroatoms. The van der Waals surface area contributed by atoms with Crippen LogP contribution >= 0.6 is 0 Å².